The van der Waals surface area contributed by atoms with E-state index in [1.54, 1.807) is 0 Å². The van der Waals surface area contributed by atoms with Gasteiger partial charge in [0.25, 0.3) is 0 Å². The average molecular weight is 232 g/mol. The summed E-state index contributed by atoms with van der Waals surface area (Å²) >= 11 is 0. The van der Waals surface area contributed by atoms with Crippen molar-refractivity contribution in [2.45, 2.75) is 44.6 Å². The quantitative estimate of drug-likeness (QED) is 0.839. The number of nitrogens with zero attached hydrogens (tertiary/aromatic N) is 1. The van der Waals surface area contributed by atoms with Crippen molar-refractivity contribution in [1.82, 2.24) is 4.98 Å². The molecule has 3 rings (SSSR count). The number of aromatic nitrogens is 1. The van der Waals surface area contributed by atoms with E-state index in [-0.39, 0.29) is 6.10 Å². The van der Waals surface area contributed by atoms with E-state index in [1.165, 1.54) is 24.1 Å². The highest BCUT2D eigenvalue weighted by molar-refractivity contribution is 5.40. The van der Waals surface area contributed by atoms with Gasteiger partial charge in [-0.15, -0.1) is 0 Å². The first kappa shape index (κ1) is 11.0. The maximum absolute atomic E-state index is 9.76. The van der Waals surface area contributed by atoms with E-state index < -0.39 is 0 Å². The molecule has 0 bridgehead atoms. The van der Waals surface area contributed by atoms with E-state index in [4.69, 9.17) is 0 Å². The first-order chi connectivity index (χ1) is 8.33. The lowest BCUT2D eigenvalue weighted by molar-refractivity contribution is 0.138. The van der Waals surface area contributed by atoms with Gasteiger partial charge in [0.15, 0.2) is 0 Å². The second-order valence-corrected chi connectivity index (χ2v) is 5.30. The number of fused-ring (bicyclic) bond motifs is 1. The molecule has 0 aliphatic heterocycles. The van der Waals surface area contributed by atoms with E-state index in [9.17, 15) is 5.11 Å². The molecule has 0 saturated heterocycles. The van der Waals surface area contributed by atoms with Crippen molar-refractivity contribution in [3.8, 4) is 0 Å². The summed E-state index contributed by atoms with van der Waals surface area (Å²) in [7, 11) is 0. The van der Waals surface area contributed by atoms with E-state index in [2.05, 4.69) is 22.4 Å². The molecule has 2 N–H and O–H groups in total. The predicted octanol–water partition coefficient (Wildman–Crippen LogP) is 2.14. The molecule has 3 nitrogen and oxygen atoms in total. The zero-order valence-electron chi connectivity index (χ0n) is 10.2. The van der Waals surface area contributed by atoms with Gasteiger partial charge in [0, 0.05) is 18.2 Å². The topological polar surface area (TPSA) is 45.1 Å². The molecule has 1 saturated carbocycles. The third-order valence-electron chi connectivity index (χ3n) is 4.09. The normalized spacial score (nSPS) is 27.1. The van der Waals surface area contributed by atoms with Gasteiger partial charge in [-0.25, -0.2) is 4.98 Å². The van der Waals surface area contributed by atoms with Crippen LogP contribution < -0.4 is 5.32 Å². The lowest BCUT2D eigenvalue weighted by Crippen LogP contribution is -2.22. The minimum atomic E-state index is -0.114. The van der Waals surface area contributed by atoms with Crippen LogP contribution in [0.2, 0.25) is 0 Å². The van der Waals surface area contributed by atoms with Crippen molar-refractivity contribution in [2.75, 3.05) is 11.9 Å². The zero-order chi connectivity index (χ0) is 11.7. The van der Waals surface area contributed by atoms with Gasteiger partial charge in [-0.05, 0) is 43.7 Å². The largest absolute Gasteiger partial charge is 0.393 e. The number of aliphatic hydroxyl groups excluding tert-OH is 1. The molecular weight excluding hydrogens is 212 g/mol. The van der Waals surface area contributed by atoms with Crippen LogP contribution in [0.4, 0.5) is 5.82 Å². The Bertz CT molecular complexity index is 405. The maximum Gasteiger partial charge on any atom is 0.126 e. The van der Waals surface area contributed by atoms with Crippen molar-refractivity contribution < 1.29 is 5.11 Å². The maximum atomic E-state index is 9.76. The average Bonchev–Trinajstić information content (AvgIpc) is 2.94. The lowest BCUT2D eigenvalue weighted by Gasteiger charge is -2.15. The molecule has 1 aromatic heterocycles. The number of rotatable bonds is 3. The Hall–Kier alpha value is -1.09. The smallest absolute Gasteiger partial charge is 0.126 e. The van der Waals surface area contributed by atoms with Gasteiger partial charge < -0.3 is 10.4 Å². The van der Waals surface area contributed by atoms with Crippen LogP contribution in [0.3, 0.4) is 0 Å². The molecule has 2 aliphatic carbocycles. The van der Waals surface area contributed by atoms with Crippen LogP contribution >= 0.6 is 0 Å². The highest BCUT2D eigenvalue weighted by Crippen LogP contribution is 2.26. The van der Waals surface area contributed by atoms with Crippen molar-refractivity contribution in [1.29, 1.82) is 0 Å². The van der Waals surface area contributed by atoms with Crippen molar-refractivity contribution in [3.63, 3.8) is 0 Å². The molecule has 0 radical (unpaired) electrons. The number of pyridine rings is 1. The fourth-order valence-corrected chi connectivity index (χ4v) is 3.01. The summed E-state index contributed by atoms with van der Waals surface area (Å²) in [6.07, 6.45) is 6.69. The Labute approximate surface area is 102 Å². The van der Waals surface area contributed by atoms with Crippen molar-refractivity contribution in [2.24, 2.45) is 5.92 Å². The Morgan fingerprint density at radius 3 is 3.00 bits per heavy atom. The molecular formula is C14H20N2O. The Balaban J connectivity index is 1.61. The molecule has 1 fully saturated rings. The molecule has 92 valence electrons. The van der Waals surface area contributed by atoms with Crippen molar-refractivity contribution >= 4 is 5.82 Å². The van der Waals surface area contributed by atoms with Gasteiger partial charge in [0.1, 0.15) is 5.82 Å². The monoisotopic (exact) mass is 232 g/mol. The Kier molecular flexibility index (Phi) is 3.02. The first-order valence-electron chi connectivity index (χ1n) is 6.73. The highest BCUT2D eigenvalue weighted by atomic mass is 16.3. The Morgan fingerprint density at radius 1 is 1.24 bits per heavy atom. The van der Waals surface area contributed by atoms with Gasteiger partial charge in [-0.1, -0.05) is 12.5 Å². The summed E-state index contributed by atoms with van der Waals surface area (Å²) in [6.45, 7) is 0.854. The van der Waals surface area contributed by atoms with Gasteiger partial charge in [0.2, 0.25) is 0 Å². The van der Waals surface area contributed by atoms with E-state index in [0.29, 0.717) is 5.92 Å². The van der Waals surface area contributed by atoms with Crippen LogP contribution in [0.1, 0.15) is 36.9 Å². The van der Waals surface area contributed by atoms with Crippen LogP contribution in [0, 0.1) is 5.92 Å². The number of aryl methyl sites for hydroxylation is 2. The third-order valence-corrected chi connectivity index (χ3v) is 4.09. The van der Waals surface area contributed by atoms with Gasteiger partial charge >= 0.3 is 0 Å². The number of nitrogens with one attached hydrogen (secondary N) is 1. The van der Waals surface area contributed by atoms with E-state index in [1.807, 2.05) is 0 Å². The highest BCUT2D eigenvalue weighted by Gasteiger charge is 2.24. The third kappa shape index (κ3) is 2.29. The SMILES string of the molecule is OC1CCCC1CNc1ccc2c(n1)CCC2. The molecule has 0 amide bonds. The molecule has 2 atom stereocenters. The minimum absolute atomic E-state index is 0.114. The number of aliphatic hydroxyl groups is 1. The van der Waals surface area contributed by atoms with Gasteiger partial charge in [-0.3, -0.25) is 0 Å². The van der Waals surface area contributed by atoms with Crippen LogP contribution in [0.25, 0.3) is 0 Å². The minimum Gasteiger partial charge on any atom is -0.393 e. The van der Waals surface area contributed by atoms with Crippen LogP contribution in [0.15, 0.2) is 12.1 Å². The predicted molar refractivity (Wildman–Crippen MR) is 68.1 cm³/mol. The Morgan fingerprint density at radius 2 is 2.18 bits per heavy atom. The van der Waals surface area contributed by atoms with Crippen molar-refractivity contribution in [3.05, 3.63) is 23.4 Å². The summed E-state index contributed by atoms with van der Waals surface area (Å²) < 4.78 is 0. The summed E-state index contributed by atoms with van der Waals surface area (Å²) in [5, 5.41) is 13.1. The summed E-state index contributed by atoms with van der Waals surface area (Å²) in [5.41, 5.74) is 2.68. The van der Waals surface area contributed by atoms with E-state index in [0.717, 1.165) is 38.0 Å². The van der Waals surface area contributed by atoms with E-state index >= 15 is 0 Å². The molecule has 1 aromatic rings. The number of hydrogen-bond acceptors (Lipinski definition) is 3. The molecule has 2 aliphatic rings. The second-order valence-electron chi connectivity index (χ2n) is 5.30. The number of hydrogen-bond donors (Lipinski definition) is 2. The summed E-state index contributed by atoms with van der Waals surface area (Å²) in [4.78, 5) is 4.65. The van der Waals surface area contributed by atoms with Crippen LogP contribution in [-0.4, -0.2) is 22.7 Å². The first-order valence-corrected chi connectivity index (χ1v) is 6.73. The van der Waals surface area contributed by atoms with Crippen LogP contribution in [0.5, 0.6) is 0 Å². The van der Waals surface area contributed by atoms with Gasteiger partial charge in [-0.2, -0.15) is 0 Å². The summed E-state index contributed by atoms with van der Waals surface area (Å²) in [5.74, 6) is 1.38. The number of anilines is 1. The molecule has 2 unspecified atom stereocenters. The molecule has 1 heterocycles. The molecule has 3 heteroatoms. The second kappa shape index (κ2) is 4.65. The fraction of sp³-hybridized carbons (Fsp3) is 0.643. The fourth-order valence-electron chi connectivity index (χ4n) is 3.01. The molecule has 17 heavy (non-hydrogen) atoms. The molecule has 0 spiro atoms. The molecule has 0 aromatic carbocycles. The lowest BCUT2D eigenvalue weighted by atomic mass is 10.1. The van der Waals surface area contributed by atoms with Gasteiger partial charge in [0.05, 0.1) is 6.10 Å². The summed E-state index contributed by atoms with van der Waals surface area (Å²) in [6, 6.07) is 4.27. The van der Waals surface area contributed by atoms with Crippen LogP contribution in [-0.2, 0) is 12.8 Å². The standard InChI is InChI=1S/C14H20N2O/c17-13-6-2-4-11(13)9-15-14-8-7-10-3-1-5-12(10)16-14/h7-8,11,13,17H,1-6,9H2,(H,15,16). The zero-order valence-corrected chi connectivity index (χ0v) is 10.2.